The van der Waals surface area contributed by atoms with Gasteiger partial charge in [0, 0.05) is 29.9 Å². The number of ketones is 1. The van der Waals surface area contributed by atoms with Crippen molar-refractivity contribution in [3.8, 4) is 0 Å². The van der Waals surface area contributed by atoms with E-state index in [4.69, 9.17) is 25.8 Å². The Bertz CT molecular complexity index is 2110. The van der Waals surface area contributed by atoms with Gasteiger partial charge in [0.25, 0.3) is 0 Å². The molecule has 12 atom stereocenters. The molecule has 9 heteroatoms. The predicted octanol–water partition coefficient (Wildman–Crippen LogP) is 12.6. The standard InChI is InChI=1S/C55H74ClNO7/c1-33(2)47-44(58)30-55(27-28-57(51(61)64-52(5,6)7)31-36-15-17-38(56)18-16-36)26-22-43-39(48(47)55)19-20-46-53(8)25-23-45(35(4)42(53)21-24-54(43,46)9)63-50(60)41-29-40(34(41)3)49(59)62-32-37-13-11-10-12-14-37/h10-18,33-35,39-43,45-46H,19-32H2,1-9H3. The summed E-state index contributed by atoms with van der Waals surface area (Å²) in [4.78, 5) is 56.6. The first-order valence-corrected chi connectivity index (χ1v) is 25.0. The Labute approximate surface area is 388 Å². The lowest BCUT2D eigenvalue weighted by Gasteiger charge is -2.67. The monoisotopic (exact) mass is 896 g/mol. The molecule has 8 rings (SSSR count). The molecule has 0 aromatic heterocycles. The molecule has 2 aromatic carbocycles. The number of ether oxygens (including phenoxy) is 3. The van der Waals surface area contributed by atoms with Gasteiger partial charge in [0.1, 0.15) is 18.3 Å². The molecule has 0 radical (unpaired) electrons. The predicted molar refractivity (Wildman–Crippen MR) is 250 cm³/mol. The highest BCUT2D eigenvalue weighted by Gasteiger charge is 2.65. The van der Waals surface area contributed by atoms with Crippen molar-refractivity contribution in [3.63, 3.8) is 0 Å². The number of rotatable bonds is 11. The molecule has 2 aromatic rings. The molecule has 0 bridgehead atoms. The van der Waals surface area contributed by atoms with E-state index in [1.54, 1.807) is 0 Å². The smallest absolute Gasteiger partial charge is 0.410 e. The molecule has 0 saturated heterocycles. The molecule has 6 aliphatic rings. The molecule has 348 valence electrons. The molecule has 5 fully saturated rings. The molecule has 8 nitrogen and oxygen atoms in total. The van der Waals surface area contributed by atoms with Gasteiger partial charge in [-0.2, -0.15) is 0 Å². The van der Waals surface area contributed by atoms with Crippen molar-refractivity contribution in [1.82, 2.24) is 4.90 Å². The van der Waals surface area contributed by atoms with Crippen molar-refractivity contribution in [2.75, 3.05) is 6.54 Å². The van der Waals surface area contributed by atoms with Gasteiger partial charge in [0.05, 0.1) is 11.8 Å². The lowest BCUT2D eigenvalue weighted by atomic mass is 9.38. The van der Waals surface area contributed by atoms with Crippen LogP contribution in [0.3, 0.4) is 0 Å². The lowest BCUT2D eigenvalue weighted by Crippen LogP contribution is -2.60. The third-order valence-corrected chi connectivity index (χ3v) is 18.2. The van der Waals surface area contributed by atoms with Crippen molar-refractivity contribution >= 4 is 35.4 Å². The number of carbonyl (C=O) groups is 4. The molecule has 0 N–H and O–H groups in total. The molecule has 0 heterocycles. The molecule has 12 unspecified atom stereocenters. The van der Waals surface area contributed by atoms with E-state index in [1.165, 1.54) is 5.57 Å². The highest BCUT2D eigenvalue weighted by atomic mass is 35.5. The van der Waals surface area contributed by atoms with E-state index in [9.17, 15) is 19.2 Å². The Morgan fingerprint density at radius 2 is 1.47 bits per heavy atom. The average Bonchev–Trinajstić information content (AvgIpc) is 3.55. The highest BCUT2D eigenvalue weighted by Crippen LogP contribution is 2.72. The van der Waals surface area contributed by atoms with Crippen molar-refractivity contribution in [1.29, 1.82) is 0 Å². The van der Waals surface area contributed by atoms with Crippen LogP contribution >= 0.6 is 11.6 Å². The second-order valence-corrected chi connectivity index (χ2v) is 23.4. The largest absolute Gasteiger partial charge is 0.462 e. The minimum atomic E-state index is -0.628. The Balaban J connectivity index is 0.946. The Hall–Kier alpha value is -3.65. The zero-order chi connectivity index (χ0) is 45.9. The third kappa shape index (κ3) is 8.72. The molecule has 6 aliphatic carbocycles. The Morgan fingerprint density at radius 1 is 0.812 bits per heavy atom. The second-order valence-electron chi connectivity index (χ2n) is 23.0. The summed E-state index contributed by atoms with van der Waals surface area (Å²) in [7, 11) is 0. The molecule has 64 heavy (non-hydrogen) atoms. The van der Waals surface area contributed by atoms with Gasteiger partial charge in [-0.05, 0) is 166 Å². The first kappa shape index (κ1) is 46.9. The first-order valence-electron chi connectivity index (χ1n) is 24.7. The number of halogens is 1. The van der Waals surface area contributed by atoms with Crippen LogP contribution in [-0.4, -0.2) is 47.0 Å². The zero-order valence-corrected chi connectivity index (χ0v) is 40.8. The van der Waals surface area contributed by atoms with E-state index in [1.807, 2.05) is 87.2 Å². The van der Waals surface area contributed by atoms with E-state index in [0.717, 1.165) is 74.5 Å². The summed E-state index contributed by atoms with van der Waals surface area (Å²) in [5.74, 6) is 1.60. The second kappa shape index (κ2) is 17.9. The molecular weight excluding hydrogens is 822 g/mol. The number of Topliss-reactive ketones (excluding diaryl/α,β-unsaturated/α-hetero) is 1. The Morgan fingerprint density at radius 3 is 2.14 bits per heavy atom. The Kier molecular flexibility index (Phi) is 13.1. The van der Waals surface area contributed by atoms with Crippen LogP contribution in [0.4, 0.5) is 4.79 Å². The fraction of sp³-hybridized carbons (Fsp3) is 0.673. The maximum Gasteiger partial charge on any atom is 0.410 e. The third-order valence-electron chi connectivity index (χ3n) is 17.9. The van der Waals surface area contributed by atoms with Gasteiger partial charge in [0.2, 0.25) is 0 Å². The van der Waals surface area contributed by atoms with Crippen molar-refractivity contribution in [3.05, 3.63) is 81.9 Å². The van der Waals surface area contributed by atoms with Gasteiger partial charge in [-0.1, -0.05) is 101 Å². The van der Waals surface area contributed by atoms with E-state index in [2.05, 4.69) is 34.6 Å². The number of hydrogen-bond donors (Lipinski definition) is 0. The fourth-order valence-electron chi connectivity index (χ4n) is 14.7. The van der Waals surface area contributed by atoms with E-state index < -0.39 is 5.60 Å². The van der Waals surface area contributed by atoms with E-state index in [0.29, 0.717) is 60.4 Å². The van der Waals surface area contributed by atoms with Crippen molar-refractivity contribution in [2.24, 2.45) is 69.5 Å². The minimum absolute atomic E-state index is 0.0977. The minimum Gasteiger partial charge on any atom is -0.462 e. The zero-order valence-electron chi connectivity index (χ0n) is 40.1. The number of fused-ring (bicyclic) bond motifs is 7. The summed E-state index contributed by atoms with van der Waals surface area (Å²) < 4.78 is 18.0. The molecule has 1 amide bonds. The quantitative estimate of drug-likeness (QED) is 0.164. The van der Waals surface area contributed by atoms with Crippen LogP contribution in [0.25, 0.3) is 0 Å². The number of allylic oxidation sites excluding steroid dienone is 2. The maximum atomic E-state index is 14.3. The van der Waals surface area contributed by atoms with Crippen LogP contribution < -0.4 is 0 Å². The highest BCUT2D eigenvalue weighted by molar-refractivity contribution is 6.30. The maximum absolute atomic E-state index is 14.3. The SMILES string of the molecule is CC(C)C1=C2C3CCC4C(C)(CCC5C(C)C(OC(=O)C6CC(C(=O)OCc7ccccc7)C6C)CCC54C)C3CCC2(CCN(Cc2ccc(Cl)cc2)C(=O)OC(C)(C)C)CC1=O. The van der Waals surface area contributed by atoms with Crippen LogP contribution in [0.5, 0.6) is 0 Å². The average molecular weight is 897 g/mol. The molecule has 0 aliphatic heterocycles. The van der Waals surface area contributed by atoms with Gasteiger partial charge in [-0.25, -0.2) is 4.79 Å². The number of esters is 2. The molecular formula is C55H74ClNO7. The summed E-state index contributed by atoms with van der Waals surface area (Å²) in [6.45, 7) is 20.8. The van der Waals surface area contributed by atoms with Gasteiger partial charge >= 0.3 is 18.0 Å². The summed E-state index contributed by atoms with van der Waals surface area (Å²) in [6.07, 6.45) is 9.82. The fourth-order valence-corrected chi connectivity index (χ4v) is 14.8. The lowest BCUT2D eigenvalue weighted by molar-refractivity contribution is -0.197. The molecule has 5 saturated carbocycles. The van der Waals surface area contributed by atoms with E-state index in [-0.39, 0.29) is 76.6 Å². The first-order chi connectivity index (χ1) is 30.2. The van der Waals surface area contributed by atoms with Gasteiger partial charge in [-0.15, -0.1) is 0 Å². The number of hydrogen-bond acceptors (Lipinski definition) is 7. The van der Waals surface area contributed by atoms with Gasteiger partial charge in [-0.3, -0.25) is 14.4 Å². The van der Waals surface area contributed by atoms with Crippen LogP contribution in [0.1, 0.15) is 144 Å². The van der Waals surface area contributed by atoms with Crippen LogP contribution in [-0.2, 0) is 41.7 Å². The van der Waals surface area contributed by atoms with Crippen molar-refractivity contribution in [2.45, 2.75) is 158 Å². The molecule has 0 spiro atoms. The number of amides is 1. The number of carbonyl (C=O) groups excluding carboxylic acids is 4. The number of benzene rings is 2. The summed E-state index contributed by atoms with van der Waals surface area (Å²) in [5, 5.41) is 0.659. The topological polar surface area (TPSA) is 99.2 Å². The summed E-state index contributed by atoms with van der Waals surface area (Å²) >= 11 is 6.23. The number of nitrogens with zero attached hydrogens (tertiary/aromatic N) is 1. The van der Waals surface area contributed by atoms with Crippen LogP contribution in [0, 0.1) is 69.5 Å². The van der Waals surface area contributed by atoms with Crippen molar-refractivity contribution < 1.29 is 33.4 Å². The van der Waals surface area contributed by atoms with Crippen LogP contribution in [0.15, 0.2) is 65.7 Å². The summed E-state index contributed by atoms with van der Waals surface area (Å²) in [5.41, 5.74) is 3.87. The van der Waals surface area contributed by atoms with Gasteiger partial charge < -0.3 is 19.1 Å². The van der Waals surface area contributed by atoms with E-state index >= 15 is 0 Å². The normalized spacial score (nSPS) is 35.6. The van der Waals surface area contributed by atoms with Crippen LogP contribution in [0.2, 0.25) is 5.02 Å². The van der Waals surface area contributed by atoms with Gasteiger partial charge in [0.15, 0.2) is 5.78 Å². The summed E-state index contributed by atoms with van der Waals surface area (Å²) in [6, 6.07) is 17.4.